The second kappa shape index (κ2) is 9.62. The van der Waals surface area contributed by atoms with Crippen LogP contribution in [0.3, 0.4) is 0 Å². The predicted octanol–water partition coefficient (Wildman–Crippen LogP) is 1.03. The number of nitrogens with one attached hydrogen (secondary N) is 2. The molecule has 9 heteroatoms. The number of rotatable bonds is 8. The Hall–Kier alpha value is -2.78. The van der Waals surface area contributed by atoms with E-state index in [1.165, 1.54) is 7.05 Å². The fourth-order valence-electron chi connectivity index (χ4n) is 3.60. The van der Waals surface area contributed by atoms with Gasteiger partial charge in [-0.3, -0.25) is 14.5 Å². The normalized spacial score (nSPS) is 16.5. The average molecular weight is 402 g/mol. The summed E-state index contributed by atoms with van der Waals surface area (Å²) in [5, 5.41) is 19.7. The van der Waals surface area contributed by atoms with Crippen LogP contribution in [0.5, 0.6) is 0 Å². The van der Waals surface area contributed by atoms with Crippen molar-refractivity contribution in [3.8, 4) is 0 Å². The first-order valence-corrected chi connectivity index (χ1v) is 9.77. The van der Waals surface area contributed by atoms with Gasteiger partial charge in [-0.15, -0.1) is 0 Å². The summed E-state index contributed by atoms with van der Waals surface area (Å²) in [5.41, 5.74) is 1.32. The number of aldehydes is 1. The zero-order valence-corrected chi connectivity index (χ0v) is 16.4. The lowest BCUT2D eigenvalue weighted by molar-refractivity contribution is -0.122. The Balaban J connectivity index is 1.77. The first kappa shape index (κ1) is 20.9. The van der Waals surface area contributed by atoms with Crippen LogP contribution in [0.1, 0.15) is 37.3 Å². The van der Waals surface area contributed by atoms with Crippen LogP contribution >= 0.6 is 0 Å². The number of hydrogen-bond donors (Lipinski definition) is 3. The van der Waals surface area contributed by atoms with Crippen molar-refractivity contribution >= 4 is 34.8 Å². The van der Waals surface area contributed by atoms with Gasteiger partial charge in [0.1, 0.15) is 12.0 Å². The minimum atomic E-state index is -0.614. The van der Waals surface area contributed by atoms with Crippen molar-refractivity contribution in [3.05, 3.63) is 23.9 Å². The quantitative estimate of drug-likeness (QED) is 0.563. The number of hydrogen-bond acceptors (Lipinski definition) is 7. The summed E-state index contributed by atoms with van der Waals surface area (Å²) in [4.78, 5) is 37.5. The van der Waals surface area contributed by atoms with Crippen molar-refractivity contribution in [3.63, 3.8) is 0 Å². The zero-order chi connectivity index (χ0) is 20.8. The number of fused-ring (bicyclic) bond motifs is 1. The fourth-order valence-corrected chi connectivity index (χ4v) is 3.60. The van der Waals surface area contributed by atoms with E-state index in [1.54, 1.807) is 18.2 Å². The number of carbonyl (C=O) groups is 3. The van der Waals surface area contributed by atoms with E-state index in [1.807, 2.05) is 4.90 Å². The smallest absolute Gasteiger partial charge is 0.238 e. The summed E-state index contributed by atoms with van der Waals surface area (Å²) in [6.07, 6.45) is 2.36. The van der Waals surface area contributed by atoms with Crippen molar-refractivity contribution in [1.29, 1.82) is 0 Å². The molecule has 2 amide bonds. The highest BCUT2D eigenvalue weighted by atomic mass is 16.5. The molecule has 3 rings (SSSR count). The number of carbonyl (C=O) groups excluding carboxylic acids is 3. The van der Waals surface area contributed by atoms with E-state index in [0.29, 0.717) is 54.7 Å². The molecule has 1 atom stereocenters. The first-order valence-electron chi connectivity index (χ1n) is 9.77. The molecule has 1 unspecified atom stereocenters. The van der Waals surface area contributed by atoms with Crippen LogP contribution in [0.15, 0.2) is 22.7 Å². The summed E-state index contributed by atoms with van der Waals surface area (Å²) in [6, 6.07) is 5.26. The number of likely N-dealkylation sites (tertiary alicyclic amines) is 1. The number of nitrogens with zero attached hydrogens (tertiary/aromatic N) is 2. The molecule has 0 saturated carbocycles. The Labute approximate surface area is 168 Å². The van der Waals surface area contributed by atoms with Gasteiger partial charge in [0.05, 0.1) is 24.3 Å². The maximum Gasteiger partial charge on any atom is 0.238 e. The Morgan fingerprint density at radius 1 is 1.38 bits per heavy atom. The van der Waals surface area contributed by atoms with Crippen LogP contribution in [-0.2, 0) is 14.4 Å². The first-order chi connectivity index (χ1) is 14.0. The fraction of sp³-hybridized carbons (Fsp3) is 0.500. The van der Waals surface area contributed by atoms with Crippen LogP contribution in [0.25, 0.3) is 11.0 Å². The van der Waals surface area contributed by atoms with Gasteiger partial charge in [0.15, 0.2) is 5.58 Å². The topological polar surface area (TPSA) is 125 Å². The van der Waals surface area contributed by atoms with Crippen molar-refractivity contribution < 1.29 is 24.0 Å². The van der Waals surface area contributed by atoms with Gasteiger partial charge in [0.25, 0.3) is 0 Å². The molecule has 2 aromatic rings. The van der Waals surface area contributed by atoms with E-state index in [9.17, 15) is 19.5 Å². The van der Waals surface area contributed by atoms with E-state index in [0.717, 1.165) is 6.29 Å². The van der Waals surface area contributed by atoms with Crippen LogP contribution in [0.2, 0.25) is 0 Å². The van der Waals surface area contributed by atoms with Crippen molar-refractivity contribution in [1.82, 2.24) is 15.4 Å². The zero-order valence-electron chi connectivity index (χ0n) is 16.4. The van der Waals surface area contributed by atoms with Gasteiger partial charge in [-0.05, 0) is 31.4 Å². The molecule has 0 radical (unpaired) electrons. The number of aliphatic hydroxyl groups is 1. The van der Waals surface area contributed by atoms with Gasteiger partial charge in [0, 0.05) is 31.9 Å². The molecule has 156 valence electrons. The Bertz CT molecular complexity index is 873. The monoisotopic (exact) mass is 402 g/mol. The summed E-state index contributed by atoms with van der Waals surface area (Å²) < 4.78 is 5.46. The number of benzene rings is 1. The highest BCUT2D eigenvalue weighted by Gasteiger charge is 2.26. The van der Waals surface area contributed by atoms with Gasteiger partial charge < -0.3 is 25.1 Å². The lowest BCUT2D eigenvalue weighted by Crippen LogP contribution is -2.40. The molecule has 0 spiro atoms. The number of anilines is 1. The molecule has 1 aliphatic heterocycles. The van der Waals surface area contributed by atoms with E-state index < -0.39 is 5.92 Å². The third kappa shape index (κ3) is 4.99. The standard InChI is InChI=1S/C20H26N4O5/c1-21-20(28)15(5-3-11-25)18-14-4-2-6-16(19(14)29-23-18)22-17(27)12-24-9-7-13(26)8-10-24/h2,4,6,11,13,15,26H,3,5,7-10,12H2,1H3,(H,21,28)(H,22,27). The molecule has 0 bridgehead atoms. The molecule has 29 heavy (non-hydrogen) atoms. The third-order valence-corrected chi connectivity index (χ3v) is 5.19. The summed E-state index contributed by atoms with van der Waals surface area (Å²) in [5.74, 6) is -1.04. The number of amides is 2. The third-order valence-electron chi connectivity index (χ3n) is 5.19. The summed E-state index contributed by atoms with van der Waals surface area (Å²) in [6.45, 7) is 1.58. The van der Waals surface area contributed by atoms with Gasteiger partial charge in [-0.2, -0.15) is 0 Å². The van der Waals surface area contributed by atoms with E-state index >= 15 is 0 Å². The number of para-hydroxylation sites is 1. The van der Waals surface area contributed by atoms with Crippen molar-refractivity contribution in [2.24, 2.45) is 0 Å². The van der Waals surface area contributed by atoms with Crippen LogP contribution < -0.4 is 10.6 Å². The van der Waals surface area contributed by atoms with Gasteiger partial charge in [0.2, 0.25) is 11.8 Å². The van der Waals surface area contributed by atoms with E-state index in [-0.39, 0.29) is 30.9 Å². The van der Waals surface area contributed by atoms with Crippen LogP contribution in [0, 0.1) is 0 Å². The maximum absolute atomic E-state index is 12.5. The highest BCUT2D eigenvalue weighted by Crippen LogP contribution is 2.32. The number of aliphatic hydroxyl groups excluding tert-OH is 1. The second-order valence-corrected chi connectivity index (χ2v) is 7.22. The molecule has 1 aromatic carbocycles. The molecule has 3 N–H and O–H groups in total. The summed E-state index contributed by atoms with van der Waals surface area (Å²) >= 11 is 0. The SMILES string of the molecule is CNC(=O)C(CCC=O)c1noc2c(NC(=O)CN3CCC(O)CC3)cccc12. The molecule has 9 nitrogen and oxygen atoms in total. The second-order valence-electron chi connectivity index (χ2n) is 7.22. The predicted molar refractivity (Wildman–Crippen MR) is 106 cm³/mol. The molecule has 1 saturated heterocycles. The van der Waals surface area contributed by atoms with E-state index in [4.69, 9.17) is 4.52 Å². The Morgan fingerprint density at radius 2 is 2.14 bits per heavy atom. The number of aromatic nitrogens is 1. The molecular weight excluding hydrogens is 376 g/mol. The minimum absolute atomic E-state index is 0.185. The maximum atomic E-state index is 12.5. The lowest BCUT2D eigenvalue weighted by atomic mass is 9.96. The van der Waals surface area contributed by atoms with Gasteiger partial charge >= 0.3 is 0 Å². The average Bonchev–Trinajstić information content (AvgIpc) is 3.15. The molecular formula is C20H26N4O5. The summed E-state index contributed by atoms with van der Waals surface area (Å²) in [7, 11) is 1.53. The lowest BCUT2D eigenvalue weighted by Gasteiger charge is -2.28. The van der Waals surface area contributed by atoms with Gasteiger partial charge in [-0.25, -0.2) is 0 Å². The van der Waals surface area contributed by atoms with Crippen molar-refractivity contribution in [2.45, 2.75) is 37.7 Å². The molecule has 1 aliphatic rings. The highest BCUT2D eigenvalue weighted by molar-refractivity contribution is 6.01. The minimum Gasteiger partial charge on any atom is -0.393 e. The van der Waals surface area contributed by atoms with E-state index in [2.05, 4.69) is 15.8 Å². The van der Waals surface area contributed by atoms with Gasteiger partial charge in [-0.1, -0.05) is 11.2 Å². The van der Waals surface area contributed by atoms with Crippen LogP contribution in [-0.4, -0.2) is 66.0 Å². The molecule has 1 fully saturated rings. The number of piperidine rings is 1. The Morgan fingerprint density at radius 3 is 2.83 bits per heavy atom. The molecule has 0 aliphatic carbocycles. The van der Waals surface area contributed by atoms with Crippen LogP contribution in [0.4, 0.5) is 5.69 Å². The molecule has 1 aromatic heterocycles. The largest absolute Gasteiger partial charge is 0.393 e. The van der Waals surface area contributed by atoms with Crippen molar-refractivity contribution in [2.75, 3.05) is 32.0 Å². The molecule has 2 heterocycles. The Kier molecular flexibility index (Phi) is 6.95. The number of likely N-dealkylation sites (N-methyl/N-ethyl adjacent to an activating group) is 1.